The number of nitrogens with one attached hydrogen (secondary N) is 1. The Bertz CT molecular complexity index is 469. The van der Waals surface area contributed by atoms with Crippen molar-refractivity contribution in [3.63, 3.8) is 0 Å². The van der Waals surface area contributed by atoms with E-state index in [-0.39, 0.29) is 0 Å². The highest BCUT2D eigenvalue weighted by atomic mass is 14.7. The Hall–Kier alpha value is -1.96. The quantitative estimate of drug-likeness (QED) is 0.782. The summed E-state index contributed by atoms with van der Waals surface area (Å²) in [6, 6.07) is 12.8. The summed E-state index contributed by atoms with van der Waals surface area (Å²) >= 11 is 0. The molecule has 0 fully saturated rings. The van der Waals surface area contributed by atoms with Crippen LogP contribution in [-0.4, -0.2) is 11.2 Å². The second kappa shape index (κ2) is 7.38. The first kappa shape index (κ1) is 14.1. The largest absolute Gasteiger partial charge is 0.313 e. The van der Waals surface area contributed by atoms with E-state index in [2.05, 4.69) is 42.2 Å². The highest BCUT2D eigenvalue weighted by molar-refractivity contribution is 5.62. The molecule has 0 atom stereocenters. The van der Waals surface area contributed by atoms with Crippen molar-refractivity contribution >= 4 is 6.21 Å². The standard InChI is InChI=1S/C14H15N.C2H5N/c1-3-12-5-8-13(9-6-12)14-7-4-11(2)15-10-14;1-2-3/h4-10H,3H2,1-2H3;2-3H,1H3. The minimum atomic E-state index is 1.06. The minimum Gasteiger partial charge on any atom is -0.313 e. The van der Waals surface area contributed by atoms with Gasteiger partial charge in [-0.25, -0.2) is 0 Å². The van der Waals surface area contributed by atoms with E-state index in [9.17, 15) is 0 Å². The Morgan fingerprint density at radius 1 is 1.06 bits per heavy atom. The van der Waals surface area contributed by atoms with Crippen LogP contribution < -0.4 is 0 Å². The summed E-state index contributed by atoms with van der Waals surface area (Å²) in [4.78, 5) is 4.30. The third kappa shape index (κ3) is 4.13. The molecular formula is C16H20N2. The zero-order chi connectivity index (χ0) is 13.4. The molecule has 1 N–H and O–H groups in total. The second-order valence-electron chi connectivity index (χ2n) is 4.03. The molecule has 0 saturated carbocycles. The van der Waals surface area contributed by atoms with Crippen LogP contribution in [-0.2, 0) is 6.42 Å². The Morgan fingerprint density at radius 2 is 1.61 bits per heavy atom. The lowest BCUT2D eigenvalue weighted by Crippen LogP contribution is -1.84. The van der Waals surface area contributed by atoms with Gasteiger partial charge in [0.2, 0.25) is 0 Å². The average molecular weight is 240 g/mol. The predicted molar refractivity (Wildman–Crippen MR) is 78.2 cm³/mol. The van der Waals surface area contributed by atoms with E-state index in [1.807, 2.05) is 19.2 Å². The van der Waals surface area contributed by atoms with Crippen LogP contribution in [0.3, 0.4) is 0 Å². The molecule has 0 aliphatic rings. The highest BCUT2D eigenvalue weighted by Gasteiger charge is 1.97. The van der Waals surface area contributed by atoms with E-state index in [4.69, 9.17) is 5.41 Å². The molecule has 2 aromatic rings. The molecule has 2 nitrogen and oxygen atoms in total. The second-order valence-corrected chi connectivity index (χ2v) is 4.03. The zero-order valence-corrected chi connectivity index (χ0v) is 11.3. The maximum Gasteiger partial charge on any atom is 0.0373 e. The monoisotopic (exact) mass is 240 g/mol. The molecule has 2 heteroatoms. The molecule has 0 unspecified atom stereocenters. The van der Waals surface area contributed by atoms with Crippen LogP contribution in [0.5, 0.6) is 0 Å². The Kier molecular flexibility index (Phi) is 5.78. The van der Waals surface area contributed by atoms with Crippen molar-refractivity contribution in [2.24, 2.45) is 0 Å². The molecule has 0 bridgehead atoms. The molecule has 1 heterocycles. The lowest BCUT2D eigenvalue weighted by Gasteiger charge is -2.02. The molecule has 0 aliphatic heterocycles. The normalized spacial score (nSPS) is 9.28. The minimum absolute atomic E-state index is 1.06. The summed E-state index contributed by atoms with van der Waals surface area (Å²) in [7, 11) is 0. The zero-order valence-electron chi connectivity index (χ0n) is 11.3. The number of hydrogen-bond donors (Lipinski definition) is 1. The molecule has 1 aromatic carbocycles. The fraction of sp³-hybridized carbons (Fsp3) is 0.250. The molecule has 18 heavy (non-hydrogen) atoms. The summed E-state index contributed by atoms with van der Waals surface area (Å²) in [5.74, 6) is 0. The van der Waals surface area contributed by atoms with Gasteiger partial charge in [0.15, 0.2) is 0 Å². The molecule has 0 saturated heterocycles. The summed E-state index contributed by atoms with van der Waals surface area (Å²) in [5, 5.41) is 6.08. The SMILES string of the molecule is CC=N.CCc1ccc(-c2ccc(C)nc2)cc1. The summed E-state index contributed by atoms with van der Waals surface area (Å²) in [6.07, 6.45) is 4.27. The topological polar surface area (TPSA) is 36.7 Å². The fourth-order valence-corrected chi connectivity index (χ4v) is 1.57. The van der Waals surface area contributed by atoms with Gasteiger partial charge >= 0.3 is 0 Å². The van der Waals surface area contributed by atoms with Gasteiger partial charge in [-0.3, -0.25) is 4.98 Å². The number of pyridine rings is 1. The van der Waals surface area contributed by atoms with Gasteiger partial charge in [0.05, 0.1) is 0 Å². The molecule has 1 aromatic heterocycles. The van der Waals surface area contributed by atoms with Gasteiger partial charge in [0.1, 0.15) is 0 Å². The Morgan fingerprint density at radius 3 is 2.06 bits per heavy atom. The predicted octanol–water partition coefficient (Wildman–Crippen LogP) is 4.28. The van der Waals surface area contributed by atoms with Crippen molar-refractivity contribution in [1.82, 2.24) is 4.98 Å². The average Bonchev–Trinajstić information content (AvgIpc) is 2.41. The first-order chi connectivity index (χ1) is 8.71. The molecule has 0 aliphatic carbocycles. The van der Waals surface area contributed by atoms with Crippen molar-refractivity contribution in [2.75, 3.05) is 0 Å². The van der Waals surface area contributed by atoms with Crippen LogP contribution in [0.1, 0.15) is 25.1 Å². The highest BCUT2D eigenvalue weighted by Crippen LogP contribution is 2.19. The van der Waals surface area contributed by atoms with Crippen molar-refractivity contribution < 1.29 is 0 Å². The van der Waals surface area contributed by atoms with Gasteiger partial charge in [-0.1, -0.05) is 37.3 Å². The summed E-state index contributed by atoms with van der Waals surface area (Å²) in [5.41, 5.74) is 4.85. The number of aromatic nitrogens is 1. The van der Waals surface area contributed by atoms with Gasteiger partial charge < -0.3 is 5.41 Å². The first-order valence-electron chi connectivity index (χ1n) is 6.18. The van der Waals surface area contributed by atoms with E-state index in [0.29, 0.717) is 0 Å². The molecule has 0 amide bonds. The van der Waals surface area contributed by atoms with Crippen LogP contribution in [0.4, 0.5) is 0 Å². The van der Waals surface area contributed by atoms with Crippen molar-refractivity contribution in [3.05, 3.63) is 53.9 Å². The van der Waals surface area contributed by atoms with Gasteiger partial charge in [0, 0.05) is 17.5 Å². The number of benzene rings is 1. The lowest BCUT2D eigenvalue weighted by atomic mass is 10.0. The molecule has 0 radical (unpaired) electrons. The van der Waals surface area contributed by atoms with Gasteiger partial charge in [0.25, 0.3) is 0 Å². The molecule has 2 rings (SSSR count). The van der Waals surface area contributed by atoms with Crippen LogP contribution in [0, 0.1) is 12.3 Å². The van der Waals surface area contributed by atoms with Crippen LogP contribution in [0.2, 0.25) is 0 Å². The van der Waals surface area contributed by atoms with Crippen molar-refractivity contribution in [3.8, 4) is 11.1 Å². The van der Waals surface area contributed by atoms with E-state index >= 15 is 0 Å². The number of nitrogens with zero attached hydrogens (tertiary/aromatic N) is 1. The molecule has 94 valence electrons. The maximum atomic E-state index is 6.08. The third-order valence-electron chi connectivity index (χ3n) is 2.61. The van der Waals surface area contributed by atoms with Crippen LogP contribution in [0.25, 0.3) is 11.1 Å². The summed E-state index contributed by atoms with van der Waals surface area (Å²) < 4.78 is 0. The lowest BCUT2D eigenvalue weighted by molar-refractivity contribution is 1.14. The van der Waals surface area contributed by atoms with Gasteiger partial charge in [-0.05, 0) is 43.7 Å². The van der Waals surface area contributed by atoms with Crippen LogP contribution >= 0.6 is 0 Å². The van der Waals surface area contributed by atoms with Crippen molar-refractivity contribution in [2.45, 2.75) is 27.2 Å². The number of hydrogen-bond acceptors (Lipinski definition) is 2. The number of aryl methyl sites for hydroxylation is 2. The van der Waals surface area contributed by atoms with Gasteiger partial charge in [-0.15, -0.1) is 0 Å². The fourth-order valence-electron chi connectivity index (χ4n) is 1.57. The van der Waals surface area contributed by atoms with E-state index in [1.54, 1.807) is 6.92 Å². The summed E-state index contributed by atoms with van der Waals surface area (Å²) in [6.45, 7) is 5.84. The number of rotatable bonds is 2. The maximum absolute atomic E-state index is 6.08. The Labute approximate surface area is 109 Å². The van der Waals surface area contributed by atoms with E-state index in [0.717, 1.165) is 12.1 Å². The smallest absolute Gasteiger partial charge is 0.0373 e. The third-order valence-corrected chi connectivity index (χ3v) is 2.61. The van der Waals surface area contributed by atoms with Gasteiger partial charge in [-0.2, -0.15) is 0 Å². The Balaban J connectivity index is 0.000000492. The van der Waals surface area contributed by atoms with Crippen molar-refractivity contribution in [1.29, 1.82) is 5.41 Å². The molecular weight excluding hydrogens is 220 g/mol. The first-order valence-corrected chi connectivity index (χ1v) is 6.18. The molecule has 0 spiro atoms. The van der Waals surface area contributed by atoms with E-state index in [1.165, 1.54) is 22.9 Å². The van der Waals surface area contributed by atoms with E-state index < -0.39 is 0 Å². The van der Waals surface area contributed by atoms with Crippen LogP contribution in [0.15, 0.2) is 42.6 Å².